The molecule has 0 radical (unpaired) electrons. The summed E-state index contributed by atoms with van der Waals surface area (Å²) >= 11 is 6.21. The van der Waals surface area contributed by atoms with E-state index in [1.54, 1.807) is 6.20 Å². The van der Waals surface area contributed by atoms with Crippen LogP contribution in [-0.2, 0) is 6.54 Å². The number of piperidine rings is 1. The fourth-order valence-corrected chi connectivity index (χ4v) is 2.82. The lowest BCUT2D eigenvalue weighted by Crippen LogP contribution is -2.42. The average molecular weight is 297 g/mol. The van der Waals surface area contributed by atoms with Crippen molar-refractivity contribution in [3.05, 3.63) is 22.8 Å². The van der Waals surface area contributed by atoms with Crippen LogP contribution in [-0.4, -0.2) is 49.7 Å². The van der Waals surface area contributed by atoms with Crippen LogP contribution in [0.4, 0.5) is 5.82 Å². The molecule has 0 amide bonds. The predicted molar refractivity (Wildman–Crippen MR) is 85.5 cm³/mol. The number of pyridine rings is 1. The first-order valence-electron chi connectivity index (χ1n) is 7.38. The molecule has 20 heavy (non-hydrogen) atoms. The summed E-state index contributed by atoms with van der Waals surface area (Å²) in [4.78, 5) is 9.18. The van der Waals surface area contributed by atoms with Gasteiger partial charge in [0.05, 0.1) is 5.02 Å². The molecule has 2 heterocycles. The van der Waals surface area contributed by atoms with Crippen LogP contribution in [0, 0.1) is 0 Å². The highest BCUT2D eigenvalue weighted by Gasteiger charge is 2.21. The molecule has 4 nitrogen and oxygen atoms in total. The van der Waals surface area contributed by atoms with Crippen LogP contribution < -0.4 is 10.2 Å². The van der Waals surface area contributed by atoms with Crippen molar-refractivity contribution < 1.29 is 0 Å². The van der Waals surface area contributed by atoms with E-state index < -0.39 is 0 Å². The van der Waals surface area contributed by atoms with Crippen LogP contribution in [0.3, 0.4) is 0 Å². The lowest BCUT2D eigenvalue weighted by atomic mass is 10.0. The first kappa shape index (κ1) is 15.5. The van der Waals surface area contributed by atoms with Gasteiger partial charge in [-0.15, -0.1) is 0 Å². The molecule has 2 rings (SSSR count). The van der Waals surface area contributed by atoms with Crippen molar-refractivity contribution in [3.63, 3.8) is 0 Å². The van der Waals surface area contributed by atoms with Gasteiger partial charge in [-0.05, 0) is 45.1 Å². The Hall–Kier alpha value is -0.840. The fourth-order valence-electron chi connectivity index (χ4n) is 2.65. The standard InChI is InChI=1S/C15H25ClN4/c1-4-17-10-12-9-15(18-11-14(12)16)20-7-5-13(6-8-20)19(2)3/h9,11,13,17H,4-8,10H2,1-3H3. The summed E-state index contributed by atoms with van der Waals surface area (Å²) in [6.45, 7) is 5.99. The number of nitrogens with zero attached hydrogens (tertiary/aromatic N) is 3. The van der Waals surface area contributed by atoms with Crippen molar-refractivity contribution in [2.45, 2.75) is 32.4 Å². The zero-order valence-corrected chi connectivity index (χ0v) is 13.5. The van der Waals surface area contributed by atoms with Crippen LogP contribution >= 0.6 is 11.6 Å². The van der Waals surface area contributed by atoms with E-state index in [1.165, 1.54) is 12.8 Å². The molecule has 0 atom stereocenters. The molecule has 0 unspecified atom stereocenters. The number of hydrogen-bond acceptors (Lipinski definition) is 4. The molecule has 1 N–H and O–H groups in total. The third kappa shape index (κ3) is 3.84. The second-order valence-electron chi connectivity index (χ2n) is 5.60. The highest BCUT2D eigenvalue weighted by atomic mass is 35.5. The zero-order chi connectivity index (χ0) is 14.5. The van der Waals surface area contributed by atoms with Crippen molar-refractivity contribution >= 4 is 17.4 Å². The molecule has 1 aliphatic heterocycles. The van der Waals surface area contributed by atoms with Gasteiger partial charge in [0, 0.05) is 31.9 Å². The quantitative estimate of drug-likeness (QED) is 0.904. The van der Waals surface area contributed by atoms with Crippen molar-refractivity contribution in [2.75, 3.05) is 38.6 Å². The summed E-state index contributed by atoms with van der Waals surface area (Å²) in [5.74, 6) is 1.06. The second-order valence-corrected chi connectivity index (χ2v) is 6.00. The van der Waals surface area contributed by atoms with E-state index in [4.69, 9.17) is 11.6 Å². The Labute approximate surface area is 127 Å². The van der Waals surface area contributed by atoms with E-state index >= 15 is 0 Å². The molecule has 0 saturated carbocycles. The minimum Gasteiger partial charge on any atom is -0.356 e. The van der Waals surface area contributed by atoms with Gasteiger partial charge in [0.25, 0.3) is 0 Å². The summed E-state index contributed by atoms with van der Waals surface area (Å²) in [6, 6.07) is 2.82. The Bertz CT molecular complexity index is 428. The third-order valence-electron chi connectivity index (χ3n) is 4.00. The second kappa shape index (κ2) is 7.25. The Morgan fingerprint density at radius 2 is 2.10 bits per heavy atom. The molecule has 1 aromatic rings. The molecule has 1 fully saturated rings. The van der Waals surface area contributed by atoms with Gasteiger partial charge in [0.15, 0.2) is 0 Å². The number of anilines is 1. The Morgan fingerprint density at radius 3 is 2.70 bits per heavy atom. The number of nitrogens with one attached hydrogen (secondary N) is 1. The largest absolute Gasteiger partial charge is 0.356 e. The van der Waals surface area contributed by atoms with Crippen molar-refractivity contribution in [1.82, 2.24) is 15.2 Å². The average Bonchev–Trinajstić information content (AvgIpc) is 2.46. The minimum atomic E-state index is 0.694. The summed E-state index contributed by atoms with van der Waals surface area (Å²) in [5.41, 5.74) is 1.13. The van der Waals surface area contributed by atoms with Gasteiger partial charge >= 0.3 is 0 Å². The first-order chi connectivity index (χ1) is 9.61. The Morgan fingerprint density at radius 1 is 1.40 bits per heavy atom. The monoisotopic (exact) mass is 296 g/mol. The highest BCUT2D eigenvalue weighted by molar-refractivity contribution is 6.31. The van der Waals surface area contributed by atoms with E-state index in [9.17, 15) is 0 Å². The number of halogens is 1. The Balaban J connectivity index is 2.02. The van der Waals surface area contributed by atoms with Crippen LogP contribution in [0.15, 0.2) is 12.3 Å². The molecule has 5 heteroatoms. The van der Waals surface area contributed by atoms with Gasteiger partial charge in [0.2, 0.25) is 0 Å². The fraction of sp³-hybridized carbons (Fsp3) is 0.667. The Kier molecular flexibility index (Phi) is 5.64. The number of hydrogen-bond donors (Lipinski definition) is 1. The molecule has 0 aromatic carbocycles. The van der Waals surface area contributed by atoms with Crippen molar-refractivity contribution in [2.24, 2.45) is 0 Å². The first-order valence-corrected chi connectivity index (χ1v) is 7.76. The summed E-state index contributed by atoms with van der Waals surface area (Å²) in [7, 11) is 4.32. The van der Waals surface area contributed by atoms with Crippen molar-refractivity contribution in [1.29, 1.82) is 0 Å². The van der Waals surface area contributed by atoms with Gasteiger partial charge in [-0.1, -0.05) is 18.5 Å². The van der Waals surface area contributed by atoms with Gasteiger partial charge in [0.1, 0.15) is 5.82 Å². The molecular weight excluding hydrogens is 272 g/mol. The van der Waals surface area contributed by atoms with Gasteiger partial charge in [-0.25, -0.2) is 4.98 Å². The lowest BCUT2D eigenvalue weighted by molar-refractivity contribution is 0.249. The third-order valence-corrected chi connectivity index (χ3v) is 4.34. The normalized spacial score (nSPS) is 16.9. The summed E-state index contributed by atoms with van der Waals surface area (Å²) < 4.78 is 0. The van der Waals surface area contributed by atoms with E-state index in [1.807, 2.05) is 0 Å². The van der Waals surface area contributed by atoms with E-state index in [-0.39, 0.29) is 0 Å². The molecule has 112 valence electrons. The molecule has 0 aliphatic carbocycles. The molecule has 0 spiro atoms. The summed E-state index contributed by atoms with van der Waals surface area (Å²) in [5, 5.41) is 4.07. The van der Waals surface area contributed by atoms with Crippen LogP contribution in [0.25, 0.3) is 0 Å². The van der Waals surface area contributed by atoms with Gasteiger partial charge < -0.3 is 15.1 Å². The van der Waals surface area contributed by atoms with E-state index in [0.717, 1.165) is 42.6 Å². The SMILES string of the molecule is CCNCc1cc(N2CCC(N(C)C)CC2)ncc1Cl. The van der Waals surface area contributed by atoms with Gasteiger partial charge in [-0.3, -0.25) is 0 Å². The molecule has 1 aromatic heterocycles. The van der Waals surface area contributed by atoms with Crippen molar-refractivity contribution in [3.8, 4) is 0 Å². The molecule has 1 saturated heterocycles. The maximum Gasteiger partial charge on any atom is 0.128 e. The number of aromatic nitrogens is 1. The minimum absolute atomic E-state index is 0.694. The zero-order valence-electron chi connectivity index (χ0n) is 12.7. The van der Waals surface area contributed by atoms with E-state index in [2.05, 4.69) is 47.2 Å². The van der Waals surface area contributed by atoms with Crippen LogP contribution in [0.2, 0.25) is 5.02 Å². The van der Waals surface area contributed by atoms with Crippen LogP contribution in [0.5, 0.6) is 0 Å². The highest BCUT2D eigenvalue weighted by Crippen LogP contribution is 2.24. The van der Waals surface area contributed by atoms with E-state index in [0.29, 0.717) is 6.04 Å². The number of rotatable bonds is 5. The topological polar surface area (TPSA) is 31.4 Å². The molecule has 0 bridgehead atoms. The maximum absolute atomic E-state index is 6.21. The van der Waals surface area contributed by atoms with Crippen LogP contribution in [0.1, 0.15) is 25.3 Å². The lowest BCUT2D eigenvalue weighted by Gasteiger charge is -2.36. The molecule has 1 aliphatic rings. The van der Waals surface area contributed by atoms with Gasteiger partial charge in [-0.2, -0.15) is 0 Å². The molecular formula is C15H25ClN4. The smallest absolute Gasteiger partial charge is 0.128 e. The summed E-state index contributed by atoms with van der Waals surface area (Å²) in [6.07, 6.45) is 4.17. The predicted octanol–water partition coefficient (Wildman–Crippen LogP) is 2.37. The maximum atomic E-state index is 6.21.